The van der Waals surface area contributed by atoms with Gasteiger partial charge in [-0.2, -0.15) is 0 Å². The number of hydrogen-bond acceptors (Lipinski definition) is 2. The Balaban J connectivity index is 0.00000128. The third-order valence-corrected chi connectivity index (χ3v) is 3.33. The molecule has 1 aromatic rings. The van der Waals surface area contributed by atoms with Gasteiger partial charge in [0.25, 0.3) is 0 Å². The molecule has 2 nitrogen and oxygen atoms in total. The summed E-state index contributed by atoms with van der Waals surface area (Å²) in [6, 6.07) is 3.88. The third kappa shape index (κ3) is 2.95. The van der Waals surface area contributed by atoms with Crippen LogP contribution >= 0.6 is 35.6 Å². The van der Waals surface area contributed by atoms with Crippen LogP contribution in [-0.2, 0) is 0 Å². The SMILES string of the molecule is Cl.Oc1c(Cl)cc([C@H]2CCCCN2)cc1Cl. The second-order valence-electron chi connectivity index (χ2n) is 3.84. The van der Waals surface area contributed by atoms with Gasteiger partial charge in [0.05, 0.1) is 10.0 Å². The number of nitrogens with one attached hydrogen (secondary N) is 1. The quantitative estimate of drug-likeness (QED) is 0.818. The molecular formula is C11H14Cl3NO. The van der Waals surface area contributed by atoms with Crippen molar-refractivity contribution in [3.8, 4) is 5.75 Å². The molecule has 1 aliphatic rings. The van der Waals surface area contributed by atoms with Gasteiger partial charge in [-0.3, -0.25) is 0 Å². The van der Waals surface area contributed by atoms with Crippen LogP contribution in [0.1, 0.15) is 30.9 Å². The Kier molecular flexibility index (Phi) is 5.19. The molecule has 0 aliphatic carbocycles. The minimum atomic E-state index is -0.0297. The van der Waals surface area contributed by atoms with Gasteiger partial charge < -0.3 is 10.4 Å². The highest BCUT2D eigenvalue weighted by molar-refractivity contribution is 6.37. The molecule has 0 radical (unpaired) electrons. The molecule has 0 bridgehead atoms. The van der Waals surface area contributed by atoms with Crippen molar-refractivity contribution >= 4 is 35.6 Å². The van der Waals surface area contributed by atoms with Crippen molar-refractivity contribution in [3.05, 3.63) is 27.7 Å². The van der Waals surface area contributed by atoms with Crippen LogP contribution in [0.25, 0.3) is 0 Å². The van der Waals surface area contributed by atoms with Gasteiger partial charge in [0, 0.05) is 6.04 Å². The Hall–Kier alpha value is -0.150. The summed E-state index contributed by atoms with van der Waals surface area (Å²) in [5.41, 5.74) is 1.06. The summed E-state index contributed by atoms with van der Waals surface area (Å²) in [6.07, 6.45) is 3.53. The number of rotatable bonds is 1. The average Bonchev–Trinajstić information content (AvgIpc) is 2.26. The molecule has 1 atom stereocenters. The Morgan fingerprint density at radius 3 is 2.31 bits per heavy atom. The molecule has 0 aromatic heterocycles. The molecule has 1 aliphatic heterocycles. The van der Waals surface area contributed by atoms with E-state index in [4.69, 9.17) is 23.2 Å². The molecule has 1 fully saturated rings. The van der Waals surface area contributed by atoms with Crippen molar-refractivity contribution in [1.82, 2.24) is 5.32 Å². The van der Waals surface area contributed by atoms with Gasteiger partial charge in [0.1, 0.15) is 0 Å². The zero-order chi connectivity index (χ0) is 10.8. The first-order valence-electron chi connectivity index (χ1n) is 5.10. The van der Waals surface area contributed by atoms with Gasteiger partial charge in [-0.05, 0) is 37.1 Å². The lowest BCUT2D eigenvalue weighted by Crippen LogP contribution is -2.26. The number of phenolic OH excluding ortho intramolecular Hbond substituents is 1. The monoisotopic (exact) mass is 281 g/mol. The topological polar surface area (TPSA) is 32.3 Å². The second-order valence-corrected chi connectivity index (χ2v) is 4.65. The Morgan fingerprint density at radius 1 is 1.19 bits per heavy atom. The molecule has 1 saturated heterocycles. The largest absolute Gasteiger partial charge is 0.505 e. The molecule has 2 rings (SSSR count). The lowest BCUT2D eigenvalue weighted by atomic mass is 9.97. The maximum atomic E-state index is 9.44. The minimum Gasteiger partial charge on any atom is -0.505 e. The van der Waals surface area contributed by atoms with E-state index in [1.165, 1.54) is 12.8 Å². The predicted molar refractivity (Wildman–Crippen MR) is 70.0 cm³/mol. The predicted octanol–water partition coefficient (Wildman–Crippen LogP) is 3.94. The van der Waals surface area contributed by atoms with Crippen LogP contribution in [0.5, 0.6) is 5.75 Å². The molecule has 90 valence electrons. The lowest BCUT2D eigenvalue weighted by Gasteiger charge is -2.24. The number of piperidine rings is 1. The van der Waals surface area contributed by atoms with Gasteiger partial charge in [-0.1, -0.05) is 29.6 Å². The molecular weight excluding hydrogens is 268 g/mol. The molecule has 1 heterocycles. The highest BCUT2D eigenvalue weighted by atomic mass is 35.5. The first kappa shape index (κ1) is 13.9. The Morgan fingerprint density at radius 2 is 1.81 bits per heavy atom. The van der Waals surface area contributed by atoms with Crippen LogP contribution < -0.4 is 5.32 Å². The van der Waals surface area contributed by atoms with E-state index in [-0.39, 0.29) is 18.2 Å². The molecule has 0 unspecified atom stereocenters. The van der Waals surface area contributed by atoms with E-state index < -0.39 is 0 Å². The fourth-order valence-corrected chi connectivity index (χ4v) is 2.43. The summed E-state index contributed by atoms with van der Waals surface area (Å²) >= 11 is 11.8. The van der Waals surface area contributed by atoms with Crippen molar-refractivity contribution in [2.75, 3.05) is 6.54 Å². The van der Waals surface area contributed by atoms with Crippen molar-refractivity contribution in [2.45, 2.75) is 25.3 Å². The third-order valence-electron chi connectivity index (χ3n) is 2.75. The van der Waals surface area contributed by atoms with E-state index in [9.17, 15) is 5.11 Å². The maximum absolute atomic E-state index is 9.44. The zero-order valence-corrected chi connectivity index (χ0v) is 11.0. The van der Waals surface area contributed by atoms with E-state index in [0.717, 1.165) is 18.5 Å². The van der Waals surface area contributed by atoms with Crippen LogP contribution in [-0.4, -0.2) is 11.7 Å². The number of hydrogen-bond donors (Lipinski definition) is 2. The summed E-state index contributed by atoms with van der Waals surface area (Å²) in [7, 11) is 0. The van der Waals surface area contributed by atoms with Crippen molar-refractivity contribution < 1.29 is 5.11 Å². The fraction of sp³-hybridized carbons (Fsp3) is 0.455. The Bertz CT molecular complexity index is 341. The van der Waals surface area contributed by atoms with Gasteiger partial charge in [-0.25, -0.2) is 0 Å². The normalized spacial score (nSPS) is 20.2. The smallest absolute Gasteiger partial charge is 0.152 e. The van der Waals surface area contributed by atoms with Crippen molar-refractivity contribution in [1.29, 1.82) is 0 Å². The molecule has 0 spiro atoms. The first-order valence-corrected chi connectivity index (χ1v) is 5.85. The van der Waals surface area contributed by atoms with Crippen molar-refractivity contribution in [3.63, 3.8) is 0 Å². The number of halogens is 3. The van der Waals surface area contributed by atoms with E-state index in [0.29, 0.717) is 16.1 Å². The zero-order valence-electron chi connectivity index (χ0n) is 8.67. The van der Waals surface area contributed by atoms with E-state index in [1.807, 2.05) is 0 Å². The standard InChI is InChI=1S/C11H13Cl2NO.ClH/c12-8-5-7(6-9(13)11(8)15)10-3-1-2-4-14-10;/h5-6,10,14-15H,1-4H2;1H/t10-;/m1./s1. The molecule has 2 N–H and O–H groups in total. The van der Waals surface area contributed by atoms with Gasteiger partial charge in [0.15, 0.2) is 5.75 Å². The number of aromatic hydroxyl groups is 1. The summed E-state index contributed by atoms with van der Waals surface area (Å²) in [6.45, 7) is 1.03. The lowest BCUT2D eigenvalue weighted by molar-refractivity contribution is 0.411. The van der Waals surface area contributed by atoms with Gasteiger partial charge in [0.2, 0.25) is 0 Å². The highest BCUT2D eigenvalue weighted by Gasteiger charge is 2.17. The van der Waals surface area contributed by atoms with Gasteiger partial charge >= 0.3 is 0 Å². The highest BCUT2D eigenvalue weighted by Crippen LogP contribution is 2.36. The molecule has 1 aromatic carbocycles. The Labute approximate surface area is 111 Å². The summed E-state index contributed by atoms with van der Waals surface area (Å²) < 4.78 is 0. The van der Waals surface area contributed by atoms with Crippen LogP contribution in [0.15, 0.2) is 12.1 Å². The van der Waals surface area contributed by atoms with Crippen LogP contribution in [0, 0.1) is 0 Å². The molecule has 0 amide bonds. The van der Waals surface area contributed by atoms with E-state index in [2.05, 4.69) is 5.32 Å². The molecule has 16 heavy (non-hydrogen) atoms. The number of benzene rings is 1. The molecule has 0 saturated carbocycles. The summed E-state index contributed by atoms with van der Waals surface area (Å²) in [5, 5.41) is 13.5. The summed E-state index contributed by atoms with van der Waals surface area (Å²) in [4.78, 5) is 0. The molecule has 5 heteroatoms. The fourth-order valence-electron chi connectivity index (χ4n) is 1.92. The van der Waals surface area contributed by atoms with Crippen LogP contribution in [0.4, 0.5) is 0 Å². The second kappa shape index (κ2) is 5.97. The van der Waals surface area contributed by atoms with E-state index >= 15 is 0 Å². The first-order chi connectivity index (χ1) is 7.18. The van der Waals surface area contributed by atoms with Crippen molar-refractivity contribution in [2.24, 2.45) is 0 Å². The van der Waals surface area contributed by atoms with E-state index in [1.54, 1.807) is 12.1 Å². The maximum Gasteiger partial charge on any atom is 0.152 e. The minimum absolute atomic E-state index is 0. The van der Waals surface area contributed by atoms with Crippen LogP contribution in [0.3, 0.4) is 0 Å². The van der Waals surface area contributed by atoms with Gasteiger partial charge in [-0.15, -0.1) is 12.4 Å². The average molecular weight is 283 g/mol. The van der Waals surface area contributed by atoms with Crippen LogP contribution in [0.2, 0.25) is 10.0 Å². The number of phenols is 1. The summed E-state index contributed by atoms with van der Waals surface area (Å²) in [5.74, 6) is -0.0297.